The third-order valence-corrected chi connectivity index (χ3v) is 2.77. The molecule has 0 fully saturated rings. The molecule has 0 saturated heterocycles. The molecule has 0 aromatic carbocycles. The Morgan fingerprint density at radius 2 is 2.17 bits per heavy atom. The highest BCUT2D eigenvalue weighted by molar-refractivity contribution is 5.66. The minimum Gasteiger partial charge on any atom is -0.466 e. The molecule has 0 radical (unpaired) electrons. The number of imidazole rings is 1. The Morgan fingerprint density at radius 1 is 1.43 bits per heavy atom. The molecule has 0 N–H and O–H groups in total. The van der Waals surface area contributed by atoms with Crippen molar-refractivity contribution in [3.63, 3.8) is 0 Å². The summed E-state index contributed by atoms with van der Waals surface area (Å²) >= 11 is 0. The molecule has 0 aliphatic heterocycles. The van der Waals surface area contributed by atoms with Gasteiger partial charge in [0.05, 0.1) is 17.4 Å². The van der Waals surface area contributed by atoms with E-state index in [9.17, 15) is 17.6 Å². The van der Waals surface area contributed by atoms with Gasteiger partial charge >= 0.3 is 6.18 Å². The number of aliphatic imine (C=N–C) groups is 1. The number of rotatable bonds is 5. The van der Waals surface area contributed by atoms with E-state index in [0.29, 0.717) is 11.3 Å². The Morgan fingerprint density at radius 3 is 2.83 bits per heavy atom. The highest BCUT2D eigenvalue weighted by Crippen LogP contribution is 2.22. The van der Waals surface area contributed by atoms with Crippen molar-refractivity contribution in [1.82, 2.24) is 14.4 Å². The lowest BCUT2D eigenvalue weighted by atomic mass is 10.2. The van der Waals surface area contributed by atoms with E-state index < -0.39 is 24.5 Å². The topological polar surface area (TPSA) is 51.8 Å². The first-order valence-electron chi connectivity index (χ1n) is 6.32. The van der Waals surface area contributed by atoms with Crippen molar-refractivity contribution in [2.45, 2.75) is 13.1 Å². The van der Waals surface area contributed by atoms with E-state index in [4.69, 9.17) is 0 Å². The van der Waals surface area contributed by atoms with Crippen LogP contribution in [0.2, 0.25) is 0 Å². The molecule has 0 spiro atoms. The smallest absolute Gasteiger partial charge is 0.422 e. The molecule has 2 aromatic heterocycles. The number of allylic oxidation sites excluding steroid dienone is 3. The Kier molecular flexibility index (Phi) is 4.77. The Balaban J connectivity index is 2.25. The number of halogens is 4. The van der Waals surface area contributed by atoms with Crippen LogP contribution in [-0.4, -0.2) is 33.9 Å². The SMILES string of the molecule is C=N/C(OCC(F)(F)F)=C(F)\C=C(/C)c1cc2cncn2cn1. The molecule has 122 valence electrons. The van der Waals surface area contributed by atoms with Gasteiger partial charge in [0.2, 0.25) is 5.88 Å². The van der Waals surface area contributed by atoms with Crippen LogP contribution in [0.5, 0.6) is 0 Å². The van der Waals surface area contributed by atoms with Crippen molar-refractivity contribution in [3.05, 3.63) is 48.4 Å². The van der Waals surface area contributed by atoms with Crippen molar-refractivity contribution in [2.24, 2.45) is 4.99 Å². The second-order valence-corrected chi connectivity index (χ2v) is 4.54. The summed E-state index contributed by atoms with van der Waals surface area (Å²) in [6, 6.07) is 1.66. The molecular formula is C14H12F4N4O. The third-order valence-electron chi connectivity index (χ3n) is 2.77. The molecule has 2 aromatic rings. The van der Waals surface area contributed by atoms with Gasteiger partial charge in [-0.15, -0.1) is 0 Å². The number of fused-ring (bicyclic) bond motifs is 1. The van der Waals surface area contributed by atoms with Gasteiger partial charge in [-0.05, 0) is 31.4 Å². The molecule has 0 amide bonds. The van der Waals surface area contributed by atoms with Crippen molar-refractivity contribution in [2.75, 3.05) is 6.61 Å². The zero-order valence-electron chi connectivity index (χ0n) is 12.0. The molecule has 23 heavy (non-hydrogen) atoms. The van der Waals surface area contributed by atoms with Crippen LogP contribution in [0.4, 0.5) is 17.6 Å². The van der Waals surface area contributed by atoms with Gasteiger partial charge in [-0.2, -0.15) is 13.2 Å². The minimum absolute atomic E-state index is 0.378. The highest BCUT2D eigenvalue weighted by Gasteiger charge is 2.29. The normalized spacial score (nSPS) is 13.9. The number of hydrogen-bond acceptors (Lipinski definition) is 4. The fraction of sp³-hybridized carbons (Fsp3) is 0.214. The summed E-state index contributed by atoms with van der Waals surface area (Å²) in [6.07, 6.45) is 1.02. The largest absolute Gasteiger partial charge is 0.466 e. The van der Waals surface area contributed by atoms with Gasteiger partial charge < -0.3 is 4.74 Å². The second-order valence-electron chi connectivity index (χ2n) is 4.54. The van der Waals surface area contributed by atoms with Crippen LogP contribution in [0.15, 0.2) is 47.7 Å². The number of alkyl halides is 3. The molecule has 0 aliphatic carbocycles. The molecule has 0 bridgehead atoms. The van der Waals surface area contributed by atoms with Crippen molar-refractivity contribution < 1.29 is 22.3 Å². The molecule has 5 nitrogen and oxygen atoms in total. The maximum Gasteiger partial charge on any atom is 0.422 e. The number of nitrogens with zero attached hydrogens (tertiary/aromatic N) is 4. The summed E-state index contributed by atoms with van der Waals surface area (Å²) in [5.41, 5.74) is 1.55. The summed E-state index contributed by atoms with van der Waals surface area (Å²) in [5.74, 6) is -1.90. The number of hydrogen-bond donors (Lipinski definition) is 0. The van der Waals surface area contributed by atoms with Gasteiger partial charge in [0.1, 0.15) is 12.7 Å². The third kappa shape index (κ3) is 4.38. The molecule has 2 heterocycles. The highest BCUT2D eigenvalue weighted by atomic mass is 19.4. The summed E-state index contributed by atoms with van der Waals surface area (Å²) in [7, 11) is 0. The molecule has 0 unspecified atom stereocenters. The Hall–Kier alpha value is -2.71. The standard InChI is InChI=1S/C14H12F4N4O/c1-9(12-4-10-5-20-7-22(10)8-21-12)3-11(15)13(19-2)23-6-14(16,17)18/h3-5,7-8H,2,6H2,1H3/b9-3+,13-11-. The maximum atomic E-state index is 14.0. The van der Waals surface area contributed by atoms with Crippen LogP contribution < -0.4 is 0 Å². The zero-order chi connectivity index (χ0) is 17.0. The predicted molar refractivity (Wildman–Crippen MR) is 76.3 cm³/mol. The van der Waals surface area contributed by atoms with Gasteiger partial charge in [-0.3, -0.25) is 4.40 Å². The summed E-state index contributed by atoms with van der Waals surface area (Å²) in [4.78, 5) is 11.2. The molecule has 0 saturated carbocycles. The Labute approximate surface area is 128 Å². The van der Waals surface area contributed by atoms with Crippen molar-refractivity contribution >= 4 is 17.8 Å². The monoisotopic (exact) mass is 328 g/mol. The van der Waals surface area contributed by atoms with Gasteiger partial charge in [-0.1, -0.05) is 0 Å². The van der Waals surface area contributed by atoms with E-state index >= 15 is 0 Å². The molecule has 0 atom stereocenters. The van der Waals surface area contributed by atoms with Gasteiger partial charge in [0.15, 0.2) is 12.4 Å². The average Bonchev–Trinajstić information content (AvgIpc) is 2.93. The van der Waals surface area contributed by atoms with Crippen molar-refractivity contribution in [1.29, 1.82) is 0 Å². The van der Waals surface area contributed by atoms with Crippen LogP contribution in [0.25, 0.3) is 11.1 Å². The van der Waals surface area contributed by atoms with Crippen LogP contribution in [0.1, 0.15) is 12.6 Å². The Bertz CT molecular complexity index is 776. The van der Waals surface area contributed by atoms with Crippen LogP contribution in [0, 0.1) is 0 Å². The van der Waals surface area contributed by atoms with Crippen LogP contribution in [0.3, 0.4) is 0 Å². The van der Waals surface area contributed by atoms with E-state index in [0.717, 1.165) is 11.6 Å². The van der Waals surface area contributed by atoms with Gasteiger partial charge in [0.25, 0.3) is 0 Å². The first kappa shape index (κ1) is 16.7. The minimum atomic E-state index is -4.59. The number of aromatic nitrogens is 3. The van der Waals surface area contributed by atoms with Gasteiger partial charge in [0, 0.05) is 0 Å². The summed E-state index contributed by atoms with van der Waals surface area (Å²) in [6.45, 7) is 2.90. The molecule has 0 aliphatic rings. The number of ether oxygens (including phenoxy) is 1. The molecule has 2 rings (SSSR count). The predicted octanol–water partition coefficient (Wildman–Crippen LogP) is 3.55. The lowest BCUT2D eigenvalue weighted by Crippen LogP contribution is -2.16. The maximum absolute atomic E-state index is 14.0. The lowest BCUT2D eigenvalue weighted by Gasteiger charge is -2.09. The fourth-order valence-corrected chi connectivity index (χ4v) is 1.71. The fourth-order valence-electron chi connectivity index (χ4n) is 1.71. The van der Waals surface area contributed by atoms with E-state index in [1.807, 2.05) is 0 Å². The van der Waals surface area contributed by atoms with Crippen LogP contribution >= 0.6 is 0 Å². The second kappa shape index (κ2) is 6.59. The van der Waals surface area contributed by atoms with Crippen LogP contribution in [-0.2, 0) is 4.74 Å². The van der Waals surface area contributed by atoms with E-state index in [1.165, 1.54) is 6.33 Å². The summed E-state index contributed by atoms with van der Waals surface area (Å²) in [5, 5.41) is 0. The molecular weight excluding hydrogens is 316 g/mol. The van der Waals surface area contributed by atoms with Gasteiger partial charge in [-0.25, -0.2) is 19.4 Å². The zero-order valence-corrected chi connectivity index (χ0v) is 12.0. The first-order valence-corrected chi connectivity index (χ1v) is 6.32. The lowest BCUT2D eigenvalue weighted by molar-refractivity contribution is -0.165. The average molecular weight is 328 g/mol. The van der Waals surface area contributed by atoms with E-state index in [2.05, 4.69) is 26.4 Å². The van der Waals surface area contributed by atoms with E-state index in [-0.39, 0.29) is 0 Å². The summed E-state index contributed by atoms with van der Waals surface area (Å²) < 4.78 is 56.2. The van der Waals surface area contributed by atoms with E-state index in [1.54, 1.807) is 29.9 Å². The molecule has 9 heteroatoms. The quantitative estimate of drug-likeness (QED) is 0.365. The van der Waals surface area contributed by atoms with Crippen molar-refractivity contribution in [3.8, 4) is 0 Å². The first-order chi connectivity index (χ1) is 10.8.